The maximum absolute atomic E-state index is 12.3. The van der Waals surface area contributed by atoms with Gasteiger partial charge in [-0.2, -0.15) is 13.2 Å². The van der Waals surface area contributed by atoms with Gasteiger partial charge < -0.3 is 10.2 Å². The molecule has 1 saturated heterocycles. The molecule has 1 aliphatic rings. The van der Waals surface area contributed by atoms with Crippen molar-refractivity contribution in [2.45, 2.75) is 30.8 Å². The van der Waals surface area contributed by atoms with Crippen LogP contribution in [-0.4, -0.2) is 50.9 Å². The second-order valence-corrected chi connectivity index (χ2v) is 8.02. The van der Waals surface area contributed by atoms with Gasteiger partial charge in [-0.3, -0.25) is 9.59 Å². The van der Waals surface area contributed by atoms with Gasteiger partial charge in [0.25, 0.3) is 0 Å². The zero-order chi connectivity index (χ0) is 20.2. The Morgan fingerprint density at radius 1 is 1.22 bits per heavy atom. The number of halogens is 3. The van der Waals surface area contributed by atoms with E-state index in [1.54, 1.807) is 4.90 Å². The third-order valence-electron chi connectivity index (χ3n) is 4.13. The van der Waals surface area contributed by atoms with Crippen molar-refractivity contribution in [2.24, 2.45) is 5.92 Å². The predicted octanol–water partition coefficient (Wildman–Crippen LogP) is 1.72. The van der Waals surface area contributed by atoms with Crippen molar-refractivity contribution in [3.63, 3.8) is 0 Å². The Kier molecular flexibility index (Phi) is 6.47. The van der Waals surface area contributed by atoms with E-state index in [4.69, 9.17) is 0 Å². The molecule has 27 heavy (non-hydrogen) atoms. The molecule has 7 nitrogen and oxygen atoms in total. The number of rotatable bonds is 5. The summed E-state index contributed by atoms with van der Waals surface area (Å²) in [5.41, 5.74) is 0.315. The van der Waals surface area contributed by atoms with E-state index in [9.17, 15) is 31.2 Å². The molecule has 1 heterocycles. The van der Waals surface area contributed by atoms with Gasteiger partial charge in [-0.25, -0.2) is 13.1 Å². The highest BCUT2D eigenvalue weighted by atomic mass is 32.2. The van der Waals surface area contributed by atoms with Crippen molar-refractivity contribution in [1.82, 2.24) is 9.62 Å². The normalized spacial score (nSPS) is 18.2. The molecule has 1 atom stereocenters. The fourth-order valence-corrected chi connectivity index (χ4v) is 3.71. The number of piperidine rings is 1. The van der Waals surface area contributed by atoms with Crippen molar-refractivity contribution >= 4 is 27.5 Å². The van der Waals surface area contributed by atoms with Gasteiger partial charge in [0.2, 0.25) is 21.8 Å². The molecule has 1 aromatic carbocycles. The molecule has 1 aromatic rings. The van der Waals surface area contributed by atoms with Gasteiger partial charge in [-0.1, -0.05) is 0 Å². The van der Waals surface area contributed by atoms with Gasteiger partial charge >= 0.3 is 6.18 Å². The molecular formula is C16H20F3N3O4S. The third-order valence-corrected chi connectivity index (χ3v) is 5.55. The number of hydrogen-bond acceptors (Lipinski definition) is 4. The average Bonchev–Trinajstić information content (AvgIpc) is 2.60. The quantitative estimate of drug-likeness (QED) is 0.777. The molecule has 1 aliphatic heterocycles. The van der Waals surface area contributed by atoms with Gasteiger partial charge in [-0.05, 0) is 37.1 Å². The average molecular weight is 407 g/mol. The Morgan fingerprint density at radius 3 is 2.41 bits per heavy atom. The number of anilines is 1. The van der Waals surface area contributed by atoms with Crippen LogP contribution in [-0.2, 0) is 19.6 Å². The number of nitrogens with one attached hydrogen (secondary N) is 2. The Labute approximate surface area is 155 Å². The van der Waals surface area contributed by atoms with E-state index in [2.05, 4.69) is 5.32 Å². The molecule has 0 aromatic heterocycles. The molecule has 11 heteroatoms. The molecular weight excluding hydrogens is 387 g/mol. The number of hydrogen-bond donors (Lipinski definition) is 2. The number of carbonyl (C=O) groups is 2. The van der Waals surface area contributed by atoms with Crippen LogP contribution in [0.4, 0.5) is 18.9 Å². The molecule has 1 fully saturated rings. The highest BCUT2D eigenvalue weighted by Gasteiger charge is 2.30. The molecule has 2 rings (SSSR count). The fourth-order valence-electron chi connectivity index (χ4n) is 2.70. The van der Waals surface area contributed by atoms with Crippen LogP contribution in [0.25, 0.3) is 0 Å². The number of likely N-dealkylation sites (tertiary alicyclic amines) is 1. The molecule has 2 amide bonds. The lowest BCUT2D eigenvalue weighted by atomic mass is 9.97. The molecule has 2 N–H and O–H groups in total. The molecule has 0 saturated carbocycles. The summed E-state index contributed by atoms with van der Waals surface area (Å²) in [4.78, 5) is 25.0. The fraction of sp³-hybridized carbons (Fsp3) is 0.500. The second-order valence-electron chi connectivity index (χ2n) is 6.26. The minimum Gasteiger partial charge on any atom is -0.342 e. The monoisotopic (exact) mass is 407 g/mol. The van der Waals surface area contributed by atoms with E-state index in [0.29, 0.717) is 31.6 Å². The van der Waals surface area contributed by atoms with Crippen molar-refractivity contribution in [2.75, 3.05) is 25.0 Å². The summed E-state index contributed by atoms with van der Waals surface area (Å²) in [7, 11) is -4.30. The number of alkyl halides is 3. The molecule has 0 radical (unpaired) electrons. The number of nitrogens with zero attached hydrogens (tertiary/aromatic N) is 1. The van der Waals surface area contributed by atoms with E-state index in [-0.39, 0.29) is 22.6 Å². The summed E-state index contributed by atoms with van der Waals surface area (Å²) < 4.78 is 61.6. The summed E-state index contributed by atoms with van der Waals surface area (Å²) >= 11 is 0. The number of amides is 2. The maximum Gasteiger partial charge on any atom is 0.402 e. The maximum atomic E-state index is 12.3. The first-order valence-corrected chi connectivity index (χ1v) is 9.69. The van der Waals surface area contributed by atoms with Crippen LogP contribution in [0.5, 0.6) is 0 Å². The zero-order valence-electron chi connectivity index (χ0n) is 14.5. The molecule has 150 valence electrons. The topological polar surface area (TPSA) is 95.6 Å². The predicted molar refractivity (Wildman–Crippen MR) is 91.3 cm³/mol. The SMILES string of the molecule is CC(=O)N1CCC[C@H](C(=O)Nc2ccc(S(=O)(=O)NCC(F)(F)F)cc2)C1. The van der Waals surface area contributed by atoms with Crippen LogP contribution in [0.3, 0.4) is 0 Å². The Bertz CT molecular complexity index is 794. The van der Waals surface area contributed by atoms with Crippen LogP contribution in [0.15, 0.2) is 29.2 Å². The number of sulfonamides is 1. The van der Waals surface area contributed by atoms with Gasteiger partial charge in [0.05, 0.1) is 10.8 Å². The number of carbonyl (C=O) groups excluding carboxylic acids is 2. The van der Waals surface area contributed by atoms with Gasteiger partial charge in [0.15, 0.2) is 0 Å². The summed E-state index contributed by atoms with van der Waals surface area (Å²) in [6.07, 6.45) is -3.32. The largest absolute Gasteiger partial charge is 0.402 e. The van der Waals surface area contributed by atoms with Crippen LogP contribution in [0.1, 0.15) is 19.8 Å². The zero-order valence-corrected chi connectivity index (χ0v) is 15.4. The van der Waals surface area contributed by atoms with Gasteiger partial charge in [0, 0.05) is 25.7 Å². The molecule has 0 spiro atoms. The minimum absolute atomic E-state index is 0.103. The summed E-state index contributed by atoms with van der Waals surface area (Å²) in [5, 5.41) is 2.63. The third kappa shape index (κ3) is 6.21. The lowest BCUT2D eigenvalue weighted by Crippen LogP contribution is -2.42. The molecule has 0 unspecified atom stereocenters. The van der Waals surface area contributed by atoms with E-state index >= 15 is 0 Å². The van der Waals surface area contributed by atoms with Gasteiger partial charge in [0.1, 0.15) is 6.54 Å². The van der Waals surface area contributed by atoms with Gasteiger partial charge in [-0.15, -0.1) is 0 Å². The molecule has 0 bridgehead atoms. The van der Waals surface area contributed by atoms with E-state index in [1.165, 1.54) is 23.8 Å². The standard InChI is InChI=1S/C16H20F3N3O4S/c1-11(23)22-8-2-3-12(9-22)15(24)21-13-4-6-14(7-5-13)27(25,26)20-10-16(17,18)19/h4-7,12,20H,2-3,8-10H2,1H3,(H,21,24)/t12-/m0/s1. The van der Waals surface area contributed by atoms with Crippen molar-refractivity contribution in [3.8, 4) is 0 Å². The summed E-state index contributed by atoms with van der Waals surface area (Å²) in [6, 6.07) is 4.81. The lowest BCUT2D eigenvalue weighted by Gasteiger charge is -2.31. The molecule has 0 aliphatic carbocycles. The van der Waals surface area contributed by atoms with Crippen LogP contribution < -0.4 is 10.0 Å². The first-order valence-electron chi connectivity index (χ1n) is 8.21. The Balaban J connectivity index is 1.99. The summed E-state index contributed by atoms with van der Waals surface area (Å²) in [6.45, 7) is 0.694. The lowest BCUT2D eigenvalue weighted by molar-refractivity contribution is -0.132. The van der Waals surface area contributed by atoms with Crippen LogP contribution >= 0.6 is 0 Å². The van der Waals surface area contributed by atoms with Crippen molar-refractivity contribution in [3.05, 3.63) is 24.3 Å². The smallest absolute Gasteiger partial charge is 0.342 e. The second kappa shape index (κ2) is 8.26. The van der Waals surface area contributed by atoms with Crippen LogP contribution in [0, 0.1) is 5.92 Å². The first kappa shape index (κ1) is 21.2. The number of benzene rings is 1. The van der Waals surface area contributed by atoms with Crippen LogP contribution in [0.2, 0.25) is 0 Å². The Hall–Kier alpha value is -2.14. The van der Waals surface area contributed by atoms with E-state index < -0.39 is 22.7 Å². The Morgan fingerprint density at radius 2 is 1.85 bits per heavy atom. The van der Waals surface area contributed by atoms with E-state index in [1.807, 2.05) is 0 Å². The first-order chi connectivity index (χ1) is 12.5. The highest BCUT2D eigenvalue weighted by Crippen LogP contribution is 2.20. The van der Waals surface area contributed by atoms with E-state index in [0.717, 1.165) is 12.1 Å². The van der Waals surface area contributed by atoms with Crippen molar-refractivity contribution in [1.29, 1.82) is 0 Å². The van der Waals surface area contributed by atoms with Crippen molar-refractivity contribution < 1.29 is 31.2 Å². The summed E-state index contributed by atoms with van der Waals surface area (Å²) in [5.74, 6) is -0.778. The minimum atomic E-state index is -4.66. The highest BCUT2D eigenvalue weighted by molar-refractivity contribution is 7.89.